The molecular weight excluding hydrogens is 308 g/mol. The van der Waals surface area contributed by atoms with Crippen molar-refractivity contribution in [1.29, 1.82) is 0 Å². The number of carbonyl (C=O) groups excluding carboxylic acids is 1. The van der Waals surface area contributed by atoms with Gasteiger partial charge < -0.3 is 14.8 Å². The van der Waals surface area contributed by atoms with Gasteiger partial charge in [0.25, 0.3) is 0 Å². The molecule has 1 atom stereocenters. The molecule has 1 amide bonds. The second-order valence-electron chi connectivity index (χ2n) is 6.04. The third kappa shape index (κ3) is 16.0. The van der Waals surface area contributed by atoms with Crippen LogP contribution in [0, 0.1) is 5.92 Å². The fourth-order valence-electron chi connectivity index (χ4n) is 2.22. The Balaban J connectivity index is 3.44. The summed E-state index contributed by atoms with van der Waals surface area (Å²) in [4.78, 5) is 16.6. The van der Waals surface area contributed by atoms with Crippen molar-refractivity contribution < 1.29 is 19.1 Å². The van der Waals surface area contributed by atoms with Gasteiger partial charge in [-0.2, -0.15) is 5.48 Å². The maximum atomic E-state index is 11.4. The van der Waals surface area contributed by atoms with Crippen LogP contribution in [0.1, 0.15) is 72.1 Å². The molecule has 0 aromatic rings. The highest BCUT2D eigenvalue weighted by molar-refractivity contribution is 5.66. The van der Waals surface area contributed by atoms with Gasteiger partial charge in [-0.25, -0.2) is 4.79 Å². The van der Waals surface area contributed by atoms with Crippen molar-refractivity contribution in [2.24, 2.45) is 5.92 Å². The lowest BCUT2D eigenvalue weighted by atomic mass is 9.97. The van der Waals surface area contributed by atoms with E-state index in [4.69, 9.17) is 14.3 Å². The molecule has 0 saturated carbocycles. The summed E-state index contributed by atoms with van der Waals surface area (Å²) in [5, 5.41) is 2.75. The monoisotopic (exact) mass is 346 g/mol. The molecule has 0 bridgehead atoms. The predicted molar refractivity (Wildman–Crippen MR) is 96.7 cm³/mol. The maximum Gasteiger partial charge on any atom is 0.407 e. The van der Waals surface area contributed by atoms with E-state index in [0.717, 1.165) is 57.9 Å². The average Bonchev–Trinajstić information content (AvgIpc) is 2.59. The van der Waals surface area contributed by atoms with Crippen LogP contribution in [0.25, 0.3) is 0 Å². The molecule has 24 heavy (non-hydrogen) atoms. The molecule has 144 valence electrons. The number of nitrogens with one attached hydrogen (secondary N) is 2. The number of rotatable bonds is 17. The van der Waals surface area contributed by atoms with E-state index in [9.17, 15) is 4.79 Å². The zero-order valence-electron chi connectivity index (χ0n) is 15.9. The molecule has 6 heteroatoms. The van der Waals surface area contributed by atoms with Gasteiger partial charge in [0.2, 0.25) is 0 Å². The minimum atomic E-state index is -0.299. The number of alkyl carbamates (subject to hydrolysis) is 1. The lowest BCUT2D eigenvalue weighted by Gasteiger charge is -2.15. The van der Waals surface area contributed by atoms with E-state index in [-0.39, 0.29) is 6.09 Å². The summed E-state index contributed by atoms with van der Waals surface area (Å²) in [6, 6.07) is 0. The Morgan fingerprint density at radius 2 is 1.71 bits per heavy atom. The third-order valence-electron chi connectivity index (χ3n) is 3.91. The zero-order chi connectivity index (χ0) is 17.9. The first-order valence-corrected chi connectivity index (χ1v) is 9.57. The van der Waals surface area contributed by atoms with Crippen LogP contribution in [0.3, 0.4) is 0 Å². The van der Waals surface area contributed by atoms with Gasteiger partial charge in [-0.1, -0.05) is 40.0 Å². The van der Waals surface area contributed by atoms with E-state index in [0.29, 0.717) is 32.5 Å². The minimum absolute atomic E-state index is 0.293. The van der Waals surface area contributed by atoms with Gasteiger partial charge in [-0.15, -0.1) is 0 Å². The van der Waals surface area contributed by atoms with Crippen LogP contribution in [0.15, 0.2) is 0 Å². The van der Waals surface area contributed by atoms with E-state index in [1.165, 1.54) is 0 Å². The summed E-state index contributed by atoms with van der Waals surface area (Å²) in [5.74, 6) is 0.602. The third-order valence-corrected chi connectivity index (χ3v) is 3.91. The van der Waals surface area contributed by atoms with Crippen molar-refractivity contribution in [2.75, 3.05) is 33.1 Å². The SMILES string of the molecule is CCCCNOCOCCC(CC)CCCOC(=O)NCCCC. The Kier molecular flexibility index (Phi) is 17.8. The fourth-order valence-corrected chi connectivity index (χ4v) is 2.22. The quantitative estimate of drug-likeness (QED) is 0.237. The molecule has 0 saturated heterocycles. The highest BCUT2D eigenvalue weighted by Gasteiger charge is 2.07. The van der Waals surface area contributed by atoms with Gasteiger partial charge in [-0.05, 0) is 38.0 Å². The smallest absolute Gasteiger partial charge is 0.407 e. The number of ether oxygens (including phenoxy) is 2. The van der Waals surface area contributed by atoms with Crippen LogP contribution >= 0.6 is 0 Å². The molecule has 0 spiro atoms. The van der Waals surface area contributed by atoms with Crippen LogP contribution in [-0.4, -0.2) is 39.2 Å². The summed E-state index contributed by atoms with van der Waals surface area (Å²) in [5.41, 5.74) is 2.88. The number of hydroxylamine groups is 1. The Hall–Kier alpha value is -0.850. The molecule has 0 aliphatic heterocycles. The number of carbonyl (C=O) groups is 1. The Morgan fingerprint density at radius 1 is 0.958 bits per heavy atom. The second kappa shape index (κ2) is 18.5. The molecule has 0 radical (unpaired) electrons. The van der Waals surface area contributed by atoms with E-state index < -0.39 is 0 Å². The summed E-state index contributed by atoms with van der Waals surface area (Å²) in [7, 11) is 0. The van der Waals surface area contributed by atoms with Crippen LogP contribution in [0.2, 0.25) is 0 Å². The van der Waals surface area contributed by atoms with Crippen molar-refractivity contribution in [3.8, 4) is 0 Å². The summed E-state index contributed by atoms with van der Waals surface area (Å²) in [6.45, 7) is 9.46. The number of amides is 1. The van der Waals surface area contributed by atoms with E-state index in [1.54, 1.807) is 0 Å². The van der Waals surface area contributed by atoms with Gasteiger partial charge in [0, 0.05) is 19.7 Å². The molecule has 0 rings (SSSR count). The number of unbranched alkanes of at least 4 members (excludes halogenated alkanes) is 2. The standard InChI is InChI=1S/C18H38N2O4/c1-4-7-12-19-18(21)23-14-9-10-17(6-3)11-15-22-16-24-20-13-8-5-2/h17,20H,4-16H2,1-3H3,(H,19,21). The Labute approximate surface area is 147 Å². The lowest BCUT2D eigenvalue weighted by molar-refractivity contribution is -0.101. The molecular formula is C18H38N2O4. The van der Waals surface area contributed by atoms with Crippen molar-refractivity contribution in [3.63, 3.8) is 0 Å². The van der Waals surface area contributed by atoms with Gasteiger partial charge >= 0.3 is 6.09 Å². The molecule has 0 aromatic heterocycles. The Morgan fingerprint density at radius 3 is 2.42 bits per heavy atom. The molecule has 0 fully saturated rings. The molecule has 6 nitrogen and oxygen atoms in total. The van der Waals surface area contributed by atoms with Crippen LogP contribution in [-0.2, 0) is 14.3 Å². The van der Waals surface area contributed by atoms with E-state index >= 15 is 0 Å². The fraction of sp³-hybridized carbons (Fsp3) is 0.944. The van der Waals surface area contributed by atoms with Crippen molar-refractivity contribution in [3.05, 3.63) is 0 Å². The first kappa shape index (κ1) is 23.1. The topological polar surface area (TPSA) is 68.8 Å². The second-order valence-corrected chi connectivity index (χ2v) is 6.04. The number of hydrogen-bond acceptors (Lipinski definition) is 5. The molecule has 0 aliphatic rings. The van der Waals surface area contributed by atoms with Crippen molar-refractivity contribution >= 4 is 6.09 Å². The van der Waals surface area contributed by atoms with Gasteiger partial charge in [0.15, 0.2) is 6.79 Å². The minimum Gasteiger partial charge on any atom is -0.450 e. The first-order valence-electron chi connectivity index (χ1n) is 9.57. The largest absolute Gasteiger partial charge is 0.450 e. The lowest BCUT2D eigenvalue weighted by Crippen LogP contribution is -2.25. The number of hydrogen-bond donors (Lipinski definition) is 2. The normalized spacial score (nSPS) is 12.1. The highest BCUT2D eigenvalue weighted by Crippen LogP contribution is 2.15. The molecule has 0 heterocycles. The van der Waals surface area contributed by atoms with Gasteiger partial charge in [0.1, 0.15) is 0 Å². The van der Waals surface area contributed by atoms with E-state index in [1.807, 2.05) is 0 Å². The molecule has 2 N–H and O–H groups in total. The molecule has 1 unspecified atom stereocenters. The Bertz CT molecular complexity index is 278. The maximum absolute atomic E-state index is 11.4. The van der Waals surface area contributed by atoms with Gasteiger partial charge in [-0.3, -0.25) is 4.84 Å². The summed E-state index contributed by atoms with van der Waals surface area (Å²) in [6.07, 6.45) is 8.10. The van der Waals surface area contributed by atoms with Crippen molar-refractivity contribution in [2.45, 2.75) is 72.1 Å². The van der Waals surface area contributed by atoms with Crippen LogP contribution in [0.4, 0.5) is 4.79 Å². The molecule has 0 aromatic carbocycles. The summed E-state index contributed by atoms with van der Waals surface area (Å²) < 4.78 is 10.6. The zero-order valence-corrected chi connectivity index (χ0v) is 15.9. The predicted octanol–water partition coefficient (Wildman–Crippen LogP) is 4.00. The average molecular weight is 347 g/mol. The van der Waals surface area contributed by atoms with Gasteiger partial charge in [0.05, 0.1) is 6.61 Å². The van der Waals surface area contributed by atoms with Crippen LogP contribution < -0.4 is 10.8 Å². The summed E-state index contributed by atoms with van der Waals surface area (Å²) >= 11 is 0. The van der Waals surface area contributed by atoms with Crippen LogP contribution in [0.5, 0.6) is 0 Å². The first-order chi connectivity index (χ1) is 11.7. The highest BCUT2D eigenvalue weighted by atomic mass is 16.7. The molecule has 0 aliphatic carbocycles. The van der Waals surface area contributed by atoms with E-state index in [2.05, 4.69) is 31.6 Å². The van der Waals surface area contributed by atoms with Crippen molar-refractivity contribution in [1.82, 2.24) is 10.8 Å².